The molecule has 16 heavy (non-hydrogen) atoms. The van der Waals surface area contributed by atoms with Gasteiger partial charge in [-0.15, -0.1) is 0 Å². The van der Waals surface area contributed by atoms with Crippen LogP contribution in [-0.4, -0.2) is 35.1 Å². The normalized spacial score (nSPS) is 23.2. The molecule has 4 heteroatoms. The molecule has 0 unspecified atom stereocenters. The van der Waals surface area contributed by atoms with Crippen LogP contribution in [0.2, 0.25) is 0 Å². The van der Waals surface area contributed by atoms with Crippen LogP contribution < -0.4 is 5.32 Å². The van der Waals surface area contributed by atoms with Gasteiger partial charge in [-0.3, -0.25) is 4.68 Å². The lowest BCUT2D eigenvalue weighted by Gasteiger charge is -2.24. The molecule has 2 atom stereocenters. The van der Waals surface area contributed by atoms with Crippen LogP contribution in [0.15, 0.2) is 18.5 Å². The Kier molecular flexibility index (Phi) is 4.36. The Balaban J connectivity index is 1.65. The van der Waals surface area contributed by atoms with Crippen molar-refractivity contribution in [1.82, 2.24) is 15.1 Å². The molecule has 1 N–H and O–H groups in total. The fourth-order valence-corrected chi connectivity index (χ4v) is 2.05. The number of rotatable bonds is 5. The SMILES string of the molecule is C[C@H](Cn1cccn1)NC[C@@H]1CCCCO1. The van der Waals surface area contributed by atoms with Crippen LogP contribution in [0.3, 0.4) is 0 Å². The third kappa shape index (κ3) is 3.61. The molecule has 0 aliphatic carbocycles. The van der Waals surface area contributed by atoms with Gasteiger partial charge in [-0.2, -0.15) is 5.10 Å². The van der Waals surface area contributed by atoms with Gasteiger partial charge in [-0.05, 0) is 32.3 Å². The number of aromatic nitrogens is 2. The van der Waals surface area contributed by atoms with Crippen LogP contribution in [0.4, 0.5) is 0 Å². The van der Waals surface area contributed by atoms with Crippen LogP contribution in [0.25, 0.3) is 0 Å². The van der Waals surface area contributed by atoms with Gasteiger partial charge in [0.15, 0.2) is 0 Å². The summed E-state index contributed by atoms with van der Waals surface area (Å²) >= 11 is 0. The van der Waals surface area contributed by atoms with E-state index < -0.39 is 0 Å². The van der Waals surface area contributed by atoms with E-state index in [1.54, 1.807) is 0 Å². The van der Waals surface area contributed by atoms with E-state index >= 15 is 0 Å². The summed E-state index contributed by atoms with van der Waals surface area (Å²) in [4.78, 5) is 0. The summed E-state index contributed by atoms with van der Waals surface area (Å²) in [6.45, 7) is 4.99. The summed E-state index contributed by atoms with van der Waals surface area (Å²) in [5.74, 6) is 0. The molecule has 2 rings (SSSR count). The van der Waals surface area contributed by atoms with Gasteiger partial charge in [0.25, 0.3) is 0 Å². The molecule has 2 heterocycles. The lowest BCUT2D eigenvalue weighted by atomic mass is 10.1. The third-order valence-electron chi connectivity index (χ3n) is 2.99. The molecule has 0 bridgehead atoms. The molecule has 1 aliphatic rings. The second-order valence-electron chi connectivity index (χ2n) is 4.53. The zero-order valence-corrected chi connectivity index (χ0v) is 9.93. The minimum atomic E-state index is 0.411. The highest BCUT2D eigenvalue weighted by Crippen LogP contribution is 2.11. The fourth-order valence-electron chi connectivity index (χ4n) is 2.05. The van der Waals surface area contributed by atoms with Gasteiger partial charge in [0, 0.05) is 31.6 Å². The lowest BCUT2D eigenvalue weighted by molar-refractivity contribution is 0.0153. The van der Waals surface area contributed by atoms with Crippen molar-refractivity contribution in [2.75, 3.05) is 13.2 Å². The maximum Gasteiger partial charge on any atom is 0.0699 e. The van der Waals surface area contributed by atoms with Crippen LogP contribution in [0.5, 0.6) is 0 Å². The Labute approximate surface area is 97.0 Å². The number of hydrogen-bond donors (Lipinski definition) is 1. The van der Waals surface area contributed by atoms with Crippen molar-refractivity contribution < 1.29 is 4.74 Å². The van der Waals surface area contributed by atoms with Crippen LogP contribution in [-0.2, 0) is 11.3 Å². The smallest absolute Gasteiger partial charge is 0.0699 e. The van der Waals surface area contributed by atoms with Gasteiger partial charge >= 0.3 is 0 Å². The monoisotopic (exact) mass is 223 g/mol. The van der Waals surface area contributed by atoms with E-state index in [0.29, 0.717) is 12.1 Å². The van der Waals surface area contributed by atoms with Gasteiger partial charge in [0.05, 0.1) is 12.6 Å². The van der Waals surface area contributed by atoms with Crippen molar-refractivity contribution in [2.24, 2.45) is 0 Å². The van der Waals surface area contributed by atoms with E-state index in [-0.39, 0.29) is 0 Å². The summed E-state index contributed by atoms with van der Waals surface area (Å²) in [6.07, 6.45) is 7.95. The molecule has 0 saturated carbocycles. The Hall–Kier alpha value is -0.870. The summed E-state index contributed by atoms with van der Waals surface area (Å²) in [7, 11) is 0. The summed E-state index contributed by atoms with van der Waals surface area (Å²) in [6, 6.07) is 2.39. The van der Waals surface area contributed by atoms with E-state index in [1.165, 1.54) is 19.3 Å². The van der Waals surface area contributed by atoms with E-state index in [9.17, 15) is 0 Å². The zero-order valence-electron chi connectivity index (χ0n) is 9.93. The minimum absolute atomic E-state index is 0.411. The van der Waals surface area contributed by atoms with Crippen LogP contribution in [0, 0.1) is 0 Å². The minimum Gasteiger partial charge on any atom is -0.377 e. The van der Waals surface area contributed by atoms with Gasteiger partial charge in [-0.1, -0.05) is 0 Å². The summed E-state index contributed by atoms with van der Waals surface area (Å²) in [5, 5.41) is 7.70. The van der Waals surface area contributed by atoms with Gasteiger partial charge in [-0.25, -0.2) is 0 Å². The topological polar surface area (TPSA) is 39.1 Å². The van der Waals surface area contributed by atoms with Crippen molar-refractivity contribution in [3.8, 4) is 0 Å². The van der Waals surface area contributed by atoms with Crippen molar-refractivity contribution in [1.29, 1.82) is 0 Å². The van der Waals surface area contributed by atoms with Gasteiger partial charge in [0.1, 0.15) is 0 Å². The molecule has 1 fully saturated rings. The fraction of sp³-hybridized carbons (Fsp3) is 0.750. The standard InChI is InChI=1S/C12H21N3O/c1-11(10-15-7-4-6-14-15)13-9-12-5-2-3-8-16-12/h4,6-7,11-13H,2-3,5,8-10H2,1H3/t11-,12+/m1/s1. The maximum atomic E-state index is 5.68. The third-order valence-corrected chi connectivity index (χ3v) is 2.99. The Morgan fingerprint density at radius 1 is 1.56 bits per heavy atom. The highest BCUT2D eigenvalue weighted by atomic mass is 16.5. The Morgan fingerprint density at radius 3 is 3.19 bits per heavy atom. The second kappa shape index (κ2) is 6.01. The van der Waals surface area contributed by atoms with Gasteiger partial charge in [0.2, 0.25) is 0 Å². The first-order valence-corrected chi connectivity index (χ1v) is 6.17. The van der Waals surface area contributed by atoms with E-state index in [4.69, 9.17) is 4.74 Å². The Bertz CT molecular complexity index is 280. The highest BCUT2D eigenvalue weighted by Gasteiger charge is 2.14. The molecule has 1 aromatic heterocycles. The van der Waals surface area contributed by atoms with Crippen LogP contribution >= 0.6 is 0 Å². The predicted octanol–water partition coefficient (Wildman–Crippen LogP) is 1.43. The predicted molar refractivity (Wildman–Crippen MR) is 63.3 cm³/mol. The number of nitrogens with one attached hydrogen (secondary N) is 1. The number of nitrogens with zero attached hydrogens (tertiary/aromatic N) is 2. The molecule has 1 aliphatic heterocycles. The van der Waals surface area contributed by atoms with Crippen molar-refractivity contribution in [3.63, 3.8) is 0 Å². The molecule has 1 aromatic rings. The highest BCUT2D eigenvalue weighted by molar-refractivity contribution is 4.79. The first-order chi connectivity index (χ1) is 7.84. The molecule has 0 aromatic carbocycles. The molecule has 0 radical (unpaired) electrons. The molecule has 1 saturated heterocycles. The lowest BCUT2D eigenvalue weighted by Crippen LogP contribution is -2.38. The summed E-state index contributed by atoms with van der Waals surface area (Å²) < 4.78 is 7.64. The average Bonchev–Trinajstić information content (AvgIpc) is 2.81. The molecule has 4 nitrogen and oxygen atoms in total. The molecule has 0 spiro atoms. The number of ether oxygens (including phenoxy) is 1. The number of hydrogen-bond acceptors (Lipinski definition) is 3. The average molecular weight is 223 g/mol. The van der Waals surface area contributed by atoms with Gasteiger partial charge < -0.3 is 10.1 Å². The van der Waals surface area contributed by atoms with E-state index in [0.717, 1.165) is 19.7 Å². The van der Waals surface area contributed by atoms with Crippen molar-refractivity contribution in [2.45, 2.75) is 44.9 Å². The van der Waals surface area contributed by atoms with E-state index in [2.05, 4.69) is 17.3 Å². The molecular weight excluding hydrogens is 202 g/mol. The van der Waals surface area contributed by atoms with E-state index in [1.807, 2.05) is 23.1 Å². The second-order valence-corrected chi connectivity index (χ2v) is 4.53. The quantitative estimate of drug-likeness (QED) is 0.820. The Morgan fingerprint density at radius 2 is 2.50 bits per heavy atom. The van der Waals surface area contributed by atoms with Crippen molar-refractivity contribution >= 4 is 0 Å². The molecule has 0 amide bonds. The first-order valence-electron chi connectivity index (χ1n) is 6.17. The molecular formula is C12H21N3O. The molecule has 90 valence electrons. The van der Waals surface area contributed by atoms with Crippen molar-refractivity contribution in [3.05, 3.63) is 18.5 Å². The maximum absolute atomic E-state index is 5.68. The largest absolute Gasteiger partial charge is 0.377 e. The van der Waals surface area contributed by atoms with Crippen LogP contribution in [0.1, 0.15) is 26.2 Å². The first kappa shape index (κ1) is 11.6. The zero-order chi connectivity index (χ0) is 11.2. The summed E-state index contributed by atoms with van der Waals surface area (Å²) in [5.41, 5.74) is 0.